The minimum Gasteiger partial charge on any atom is -0.394 e. The molecular weight excluding hydrogens is 246 g/mol. The van der Waals surface area contributed by atoms with Crippen molar-refractivity contribution in [2.75, 3.05) is 13.2 Å². The number of amides is 2. The fourth-order valence-electron chi connectivity index (χ4n) is 2.61. The first-order chi connectivity index (χ1) is 9.02. The number of nitrogens with zero attached hydrogens (tertiary/aromatic N) is 1. The van der Waals surface area contributed by atoms with Crippen molar-refractivity contribution in [3.8, 4) is 0 Å². The molecule has 0 bridgehead atoms. The second-order valence-corrected chi connectivity index (χ2v) is 4.88. The Bertz CT molecular complexity index is 359. The third-order valence-electron chi connectivity index (χ3n) is 3.76. The van der Waals surface area contributed by atoms with Crippen molar-refractivity contribution in [3.05, 3.63) is 0 Å². The number of rotatable bonds is 6. The molecule has 2 amide bonds. The van der Waals surface area contributed by atoms with Crippen molar-refractivity contribution in [2.45, 2.75) is 40.0 Å². The topological polar surface area (TPSA) is 90.8 Å². The monoisotopic (exact) mass is 269 g/mol. The first-order valence-corrected chi connectivity index (χ1v) is 6.81. The van der Waals surface area contributed by atoms with Crippen molar-refractivity contribution in [2.24, 2.45) is 16.3 Å². The summed E-state index contributed by atoms with van der Waals surface area (Å²) in [5.74, 6) is -0.480. The standard InChI is InChI=1S/C13H23N3O3/c1-4-6-9(3)13(5-2)10(18)15-12(14-7-8-17)16-11(13)19/h9,17H,4-8H2,1-3H3,(H2,14,15,16,18,19)/t9-/m0/s1. The minimum atomic E-state index is -1.02. The molecule has 0 aromatic carbocycles. The molecule has 6 heteroatoms. The predicted octanol–water partition coefficient (Wildman–Crippen LogP) is 0.413. The van der Waals surface area contributed by atoms with Gasteiger partial charge < -0.3 is 5.11 Å². The molecule has 1 fully saturated rings. The van der Waals surface area contributed by atoms with Crippen molar-refractivity contribution < 1.29 is 14.7 Å². The highest BCUT2D eigenvalue weighted by Gasteiger charge is 2.51. The van der Waals surface area contributed by atoms with Gasteiger partial charge in [-0.1, -0.05) is 27.2 Å². The molecule has 1 aliphatic rings. The Kier molecular flexibility index (Phi) is 5.47. The summed E-state index contributed by atoms with van der Waals surface area (Å²) in [6.45, 7) is 5.84. The van der Waals surface area contributed by atoms with Crippen LogP contribution in [0.3, 0.4) is 0 Å². The molecule has 108 valence electrons. The van der Waals surface area contributed by atoms with Crippen molar-refractivity contribution in [3.63, 3.8) is 0 Å². The van der Waals surface area contributed by atoms with E-state index in [-0.39, 0.29) is 36.8 Å². The molecule has 0 saturated carbocycles. The van der Waals surface area contributed by atoms with Gasteiger partial charge in [-0.3, -0.25) is 25.2 Å². The van der Waals surface area contributed by atoms with Gasteiger partial charge in [0.25, 0.3) is 0 Å². The molecule has 0 radical (unpaired) electrons. The quantitative estimate of drug-likeness (QED) is 0.610. The van der Waals surface area contributed by atoms with Crippen LogP contribution in [0.25, 0.3) is 0 Å². The summed E-state index contributed by atoms with van der Waals surface area (Å²) in [6.07, 6.45) is 2.20. The van der Waals surface area contributed by atoms with E-state index in [0.717, 1.165) is 12.8 Å². The molecule has 6 nitrogen and oxygen atoms in total. The van der Waals surface area contributed by atoms with E-state index in [1.54, 1.807) is 0 Å². The Morgan fingerprint density at radius 3 is 2.26 bits per heavy atom. The van der Waals surface area contributed by atoms with Gasteiger partial charge >= 0.3 is 0 Å². The van der Waals surface area contributed by atoms with E-state index in [2.05, 4.69) is 15.6 Å². The van der Waals surface area contributed by atoms with Crippen LogP contribution in [-0.2, 0) is 9.59 Å². The molecule has 1 saturated heterocycles. The third-order valence-corrected chi connectivity index (χ3v) is 3.76. The molecule has 0 spiro atoms. The highest BCUT2D eigenvalue weighted by molar-refractivity contribution is 6.20. The van der Waals surface area contributed by atoms with Crippen molar-refractivity contribution in [1.29, 1.82) is 0 Å². The first-order valence-electron chi connectivity index (χ1n) is 6.81. The number of carbonyl (C=O) groups excluding carboxylic acids is 2. The fraction of sp³-hybridized carbons (Fsp3) is 0.769. The number of aliphatic hydroxyl groups excluding tert-OH is 1. The Morgan fingerprint density at radius 1 is 1.26 bits per heavy atom. The largest absolute Gasteiger partial charge is 0.394 e. The molecule has 0 aromatic rings. The number of hydrogen-bond donors (Lipinski definition) is 3. The maximum absolute atomic E-state index is 12.3. The molecule has 0 aromatic heterocycles. The van der Waals surface area contributed by atoms with Gasteiger partial charge in [-0.15, -0.1) is 0 Å². The van der Waals surface area contributed by atoms with Crippen LogP contribution in [0.1, 0.15) is 40.0 Å². The van der Waals surface area contributed by atoms with E-state index in [1.807, 2.05) is 20.8 Å². The highest BCUT2D eigenvalue weighted by Crippen LogP contribution is 2.36. The van der Waals surface area contributed by atoms with Crippen LogP contribution >= 0.6 is 0 Å². The van der Waals surface area contributed by atoms with E-state index < -0.39 is 5.41 Å². The van der Waals surface area contributed by atoms with Gasteiger partial charge in [0, 0.05) is 0 Å². The summed E-state index contributed by atoms with van der Waals surface area (Å²) >= 11 is 0. The minimum absolute atomic E-state index is 0.0260. The summed E-state index contributed by atoms with van der Waals surface area (Å²) in [5, 5.41) is 14.0. The Hall–Kier alpha value is -1.43. The van der Waals surface area contributed by atoms with Gasteiger partial charge in [0.05, 0.1) is 13.2 Å². The summed E-state index contributed by atoms with van der Waals surface area (Å²) < 4.78 is 0. The number of aliphatic hydroxyl groups is 1. The number of aliphatic imine (C=N–C) groups is 1. The molecule has 0 unspecified atom stereocenters. The molecule has 0 aliphatic carbocycles. The zero-order chi connectivity index (χ0) is 14.5. The summed E-state index contributed by atoms with van der Waals surface area (Å²) in [5.41, 5.74) is -1.02. The van der Waals surface area contributed by atoms with Crippen LogP contribution in [0.2, 0.25) is 0 Å². The van der Waals surface area contributed by atoms with Gasteiger partial charge in [0.1, 0.15) is 5.41 Å². The number of hydrogen-bond acceptors (Lipinski definition) is 4. The third kappa shape index (κ3) is 2.94. The number of nitrogens with one attached hydrogen (secondary N) is 2. The van der Waals surface area contributed by atoms with E-state index in [4.69, 9.17) is 5.11 Å². The second kappa shape index (κ2) is 6.65. The molecule has 1 atom stereocenters. The smallest absolute Gasteiger partial charge is 0.242 e. The second-order valence-electron chi connectivity index (χ2n) is 4.88. The van der Waals surface area contributed by atoms with Gasteiger partial charge in [0.15, 0.2) is 0 Å². The zero-order valence-electron chi connectivity index (χ0n) is 11.8. The van der Waals surface area contributed by atoms with Crippen molar-refractivity contribution in [1.82, 2.24) is 10.6 Å². The Morgan fingerprint density at radius 2 is 1.84 bits per heavy atom. The van der Waals surface area contributed by atoms with Crippen LogP contribution in [0.4, 0.5) is 0 Å². The van der Waals surface area contributed by atoms with Crippen LogP contribution in [0, 0.1) is 11.3 Å². The number of carbonyl (C=O) groups is 2. The lowest BCUT2D eigenvalue weighted by molar-refractivity contribution is -0.148. The van der Waals surface area contributed by atoms with Gasteiger partial charge in [0.2, 0.25) is 17.8 Å². The molecule has 1 rings (SSSR count). The maximum atomic E-state index is 12.3. The molecule has 1 heterocycles. The molecule has 19 heavy (non-hydrogen) atoms. The van der Waals surface area contributed by atoms with E-state index >= 15 is 0 Å². The van der Waals surface area contributed by atoms with Gasteiger partial charge in [-0.05, 0) is 18.8 Å². The lowest BCUT2D eigenvalue weighted by Crippen LogP contribution is -2.65. The van der Waals surface area contributed by atoms with Gasteiger partial charge in [-0.25, -0.2) is 0 Å². The van der Waals surface area contributed by atoms with Crippen LogP contribution in [-0.4, -0.2) is 36.0 Å². The fourth-order valence-corrected chi connectivity index (χ4v) is 2.61. The van der Waals surface area contributed by atoms with Crippen LogP contribution in [0.5, 0.6) is 0 Å². The lowest BCUT2D eigenvalue weighted by Gasteiger charge is -2.39. The molecule has 1 aliphatic heterocycles. The summed E-state index contributed by atoms with van der Waals surface area (Å²) in [7, 11) is 0. The molecule has 3 N–H and O–H groups in total. The number of guanidine groups is 1. The SMILES string of the molecule is CCC[C@H](C)C1(CC)C(=O)NC(=NCCO)NC1=O. The summed E-state index contributed by atoms with van der Waals surface area (Å²) in [4.78, 5) is 28.6. The van der Waals surface area contributed by atoms with Crippen LogP contribution in [0.15, 0.2) is 4.99 Å². The van der Waals surface area contributed by atoms with Crippen LogP contribution < -0.4 is 10.6 Å². The zero-order valence-corrected chi connectivity index (χ0v) is 11.8. The van der Waals surface area contributed by atoms with E-state index in [1.165, 1.54) is 0 Å². The normalized spacial score (nSPS) is 24.7. The first kappa shape index (κ1) is 15.6. The Balaban J connectivity index is 2.97. The summed E-state index contributed by atoms with van der Waals surface area (Å²) in [6, 6.07) is 0. The average molecular weight is 269 g/mol. The molecular formula is C13H23N3O3. The maximum Gasteiger partial charge on any atom is 0.242 e. The highest BCUT2D eigenvalue weighted by atomic mass is 16.3. The predicted molar refractivity (Wildman–Crippen MR) is 72.5 cm³/mol. The lowest BCUT2D eigenvalue weighted by atomic mass is 9.70. The van der Waals surface area contributed by atoms with E-state index in [0.29, 0.717) is 6.42 Å². The van der Waals surface area contributed by atoms with Gasteiger partial charge in [-0.2, -0.15) is 0 Å². The van der Waals surface area contributed by atoms with E-state index in [9.17, 15) is 9.59 Å². The Labute approximate surface area is 113 Å². The average Bonchev–Trinajstić information content (AvgIpc) is 2.37. The van der Waals surface area contributed by atoms with Crippen molar-refractivity contribution >= 4 is 17.8 Å².